The molecule has 0 radical (unpaired) electrons. The van der Waals surface area contributed by atoms with Gasteiger partial charge in [0.15, 0.2) is 0 Å². The maximum atomic E-state index is 12.6. The number of rotatable bonds is 20. The van der Waals surface area contributed by atoms with Crippen molar-refractivity contribution in [2.45, 2.75) is 103 Å². The van der Waals surface area contributed by atoms with E-state index in [4.69, 9.17) is 13.9 Å². The van der Waals surface area contributed by atoms with Gasteiger partial charge >= 0.3 is 5.97 Å². The van der Waals surface area contributed by atoms with Crippen LogP contribution >= 0.6 is 11.8 Å². The van der Waals surface area contributed by atoms with Crippen molar-refractivity contribution in [1.29, 1.82) is 0 Å². The number of ether oxygens (including phenoxy) is 2. The Morgan fingerprint density at radius 2 is 1.31 bits per heavy atom. The third kappa shape index (κ3) is 11.9. The summed E-state index contributed by atoms with van der Waals surface area (Å²) in [7, 11) is 0. The highest BCUT2D eigenvalue weighted by molar-refractivity contribution is 7.99. The van der Waals surface area contributed by atoms with Crippen LogP contribution in [0.15, 0.2) is 58.2 Å². The van der Waals surface area contributed by atoms with E-state index < -0.39 is 5.97 Å². The lowest BCUT2D eigenvalue weighted by Crippen LogP contribution is -2.08. The van der Waals surface area contributed by atoms with E-state index in [0.29, 0.717) is 29.0 Å². The summed E-state index contributed by atoms with van der Waals surface area (Å²) < 4.78 is 17.2. The first-order chi connectivity index (χ1) is 19.2. The van der Waals surface area contributed by atoms with E-state index in [1.54, 1.807) is 36.0 Å². The molecule has 7 heteroatoms. The first-order valence-electron chi connectivity index (χ1n) is 14.7. The van der Waals surface area contributed by atoms with Crippen molar-refractivity contribution in [3.05, 3.63) is 54.1 Å². The predicted molar refractivity (Wildman–Crippen MR) is 159 cm³/mol. The Kier molecular flexibility index (Phi) is 14.6. The fourth-order valence-corrected chi connectivity index (χ4v) is 4.95. The minimum Gasteiger partial charge on any atom is -0.494 e. The molecule has 0 aliphatic rings. The number of nitrogens with zero attached hydrogens (tertiary/aromatic N) is 2. The van der Waals surface area contributed by atoms with Crippen LogP contribution in [-0.2, 0) is 0 Å². The van der Waals surface area contributed by atoms with Gasteiger partial charge in [-0.2, -0.15) is 0 Å². The van der Waals surface area contributed by atoms with Crippen molar-refractivity contribution >= 4 is 17.7 Å². The van der Waals surface area contributed by atoms with Crippen LogP contribution in [0, 0.1) is 0 Å². The Morgan fingerprint density at radius 3 is 1.97 bits per heavy atom. The number of benzene rings is 2. The standard InChI is InChI=1S/C32H44N2O4S/c1-3-5-7-9-10-11-12-14-24-36-28-20-18-27(19-21-28)31(35)37-29-22-16-26(17-23-29)30-33-34-32(38-30)39-25-15-13-8-6-4-2/h16-23H,3-15,24-25H2,1-2H3. The van der Waals surface area contributed by atoms with Gasteiger partial charge in [-0.1, -0.05) is 96.2 Å². The van der Waals surface area contributed by atoms with Gasteiger partial charge in [0.25, 0.3) is 5.22 Å². The molecule has 0 spiro atoms. The molecule has 1 aromatic heterocycles. The highest BCUT2D eigenvalue weighted by Gasteiger charge is 2.12. The molecule has 0 bridgehead atoms. The molecule has 3 aromatic rings. The number of unbranched alkanes of at least 4 members (excludes halogenated alkanes) is 11. The zero-order valence-electron chi connectivity index (χ0n) is 23.7. The van der Waals surface area contributed by atoms with E-state index in [1.165, 1.54) is 70.6 Å². The minimum absolute atomic E-state index is 0.409. The van der Waals surface area contributed by atoms with Crippen LogP contribution in [0.5, 0.6) is 11.5 Å². The van der Waals surface area contributed by atoms with Gasteiger partial charge in [-0.05, 0) is 61.4 Å². The molecular formula is C32H44N2O4S. The molecule has 3 rings (SSSR count). The first-order valence-corrected chi connectivity index (χ1v) is 15.7. The molecule has 212 valence electrons. The SMILES string of the molecule is CCCCCCCCCCOc1ccc(C(=O)Oc2ccc(-c3nnc(SCCCCCCC)o3)cc2)cc1. The van der Waals surface area contributed by atoms with Gasteiger partial charge in [-0.15, -0.1) is 10.2 Å². The lowest BCUT2D eigenvalue weighted by molar-refractivity contribution is 0.0734. The van der Waals surface area contributed by atoms with Crippen molar-refractivity contribution < 1.29 is 18.7 Å². The van der Waals surface area contributed by atoms with Gasteiger partial charge in [0, 0.05) is 11.3 Å². The summed E-state index contributed by atoms with van der Waals surface area (Å²) in [5.41, 5.74) is 1.27. The number of carbonyl (C=O) groups is 1. The molecule has 0 amide bonds. The van der Waals surface area contributed by atoms with E-state index in [0.717, 1.165) is 29.9 Å². The average molecular weight is 553 g/mol. The molecule has 1 heterocycles. The maximum absolute atomic E-state index is 12.6. The number of carbonyl (C=O) groups excluding carboxylic acids is 1. The molecule has 0 aliphatic carbocycles. The van der Waals surface area contributed by atoms with Crippen LogP contribution < -0.4 is 9.47 Å². The monoisotopic (exact) mass is 552 g/mol. The fourth-order valence-electron chi connectivity index (χ4n) is 4.19. The quantitative estimate of drug-likeness (QED) is 0.0598. The summed E-state index contributed by atoms with van der Waals surface area (Å²) in [5, 5.41) is 8.88. The van der Waals surface area contributed by atoms with Crippen molar-refractivity contribution in [3.63, 3.8) is 0 Å². The number of thioether (sulfide) groups is 1. The second kappa shape index (κ2) is 18.5. The Balaban J connectivity index is 1.36. The second-order valence-corrected chi connectivity index (χ2v) is 10.9. The molecular weight excluding hydrogens is 508 g/mol. The highest BCUT2D eigenvalue weighted by atomic mass is 32.2. The Bertz CT molecular complexity index is 1070. The molecule has 0 fully saturated rings. The Labute approximate surface area is 238 Å². The zero-order chi connectivity index (χ0) is 27.5. The zero-order valence-corrected chi connectivity index (χ0v) is 24.5. The topological polar surface area (TPSA) is 74.5 Å². The molecule has 0 unspecified atom stereocenters. The van der Waals surface area contributed by atoms with Crippen LogP contribution in [0.2, 0.25) is 0 Å². The van der Waals surface area contributed by atoms with Crippen molar-refractivity contribution in [1.82, 2.24) is 10.2 Å². The molecule has 0 saturated heterocycles. The average Bonchev–Trinajstić information content (AvgIpc) is 3.44. The lowest BCUT2D eigenvalue weighted by atomic mass is 10.1. The number of aromatic nitrogens is 2. The summed E-state index contributed by atoms with van der Waals surface area (Å²) in [5.74, 6) is 2.26. The molecule has 39 heavy (non-hydrogen) atoms. The Morgan fingerprint density at radius 1 is 0.718 bits per heavy atom. The van der Waals surface area contributed by atoms with Gasteiger partial charge < -0.3 is 13.9 Å². The summed E-state index contributed by atoms with van der Waals surface area (Å²) >= 11 is 1.60. The molecule has 0 N–H and O–H groups in total. The van der Waals surface area contributed by atoms with E-state index in [2.05, 4.69) is 24.0 Å². The summed E-state index contributed by atoms with van der Waals surface area (Å²) in [4.78, 5) is 12.6. The lowest BCUT2D eigenvalue weighted by Gasteiger charge is -2.08. The normalized spacial score (nSPS) is 11.0. The van der Waals surface area contributed by atoms with Gasteiger partial charge in [0.2, 0.25) is 5.89 Å². The molecule has 0 atom stereocenters. The summed E-state index contributed by atoms with van der Waals surface area (Å²) in [6.45, 7) is 5.17. The van der Waals surface area contributed by atoms with E-state index in [9.17, 15) is 4.79 Å². The number of esters is 1. The van der Waals surface area contributed by atoms with Crippen LogP contribution in [-0.4, -0.2) is 28.5 Å². The molecule has 2 aromatic carbocycles. The minimum atomic E-state index is -0.409. The van der Waals surface area contributed by atoms with Gasteiger partial charge in [-0.25, -0.2) is 4.79 Å². The highest BCUT2D eigenvalue weighted by Crippen LogP contribution is 2.26. The smallest absolute Gasteiger partial charge is 0.343 e. The van der Waals surface area contributed by atoms with Crippen molar-refractivity contribution in [2.75, 3.05) is 12.4 Å². The van der Waals surface area contributed by atoms with Gasteiger partial charge in [0.05, 0.1) is 12.2 Å². The molecule has 0 aliphatic heterocycles. The van der Waals surface area contributed by atoms with E-state index in [-0.39, 0.29) is 0 Å². The largest absolute Gasteiger partial charge is 0.494 e. The van der Waals surface area contributed by atoms with Crippen molar-refractivity contribution in [2.24, 2.45) is 0 Å². The number of hydrogen-bond donors (Lipinski definition) is 0. The summed E-state index contributed by atoms with van der Waals surface area (Å²) in [6, 6.07) is 14.2. The van der Waals surface area contributed by atoms with Gasteiger partial charge in [0.1, 0.15) is 11.5 Å². The summed E-state index contributed by atoms with van der Waals surface area (Å²) in [6.07, 6.45) is 16.4. The predicted octanol–water partition coefficient (Wildman–Crippen LogP) is 9.54. The van der Waals surface area contributed by atoms with E-state index in [1.807, 2.05) is 24.3 Å². The van der Waals surface area contributed by atoms with Crippen molar-refractivity contribution in [3.8, 4) is 23.0 Å². The molecule has 0 saturated carbocycles. The second-order valence-electron chi connectivity index (χ2n) is 9.90. The Hall–Kier alpha value is -2.80. The third-order valence-electron chi connectivity index (χ3n) is 6.55. The molecule has 6 nitrogen and oxygen atoms in total. The van der Waals surface area contributed by atoms with Crippen LogP contribution in [0.4, 0.5) is 0 Å². The fraction of sp³-hybridized carbons (Fsp3) is 0.531. The van der Waals surface area contributed by atoms with Crippen LogP contribution in [0.3, 0.4) is 0 Å². The third-order valence-corrected chi connectivity index (χ3v) is 7.45. The van der Waals surface area contributed by atoms with E-state index >= 15 is 0 Å². The van der Waals surface area contributed by atoms with Crippen LogP contribution in [0.1, 0.15) is 108 Å². The first kappa shape index (κ1) is 30.7. The maximum Gasteiger partial charge on any atom is 0.343 e. The van der Waals surface area contributed by atoms with Gasteiger partial charge in [-0.3, -0.25) is 0 Å². The number of hydrogen-bond acceptors (Lipinski definition) is 7. The van der Waals surface area contributed by atoms with Crippen LogP contribution in [0.25, 0.3) is 11.5 Å².